The van der Waals surface area contributed by atoms with Gasteiger partial charge in [0.05, 0.1) is 0 Å². The summed E-state index contributed by atoms with van der Waals surface area (Å²) in [6, 6.07) is 16.4. The number of benzene rings is 2. The van der Waals surface area contributed by atoms with Crippen molar-refractivity contribution in [3.8, 4) is 11.1 Å². The van der Waals surface area contributed by atoms with Crippen LogP contribution in [-0.4, -0.2) is 41.3 Å². The molecule has 1 amide bonds. The van der Waals surface area contributed by atoms with Crippen LogP contribution in [0.2, 0.25) is 0 Å². The monoisotopic (exact) mass is 433 g/mol. The van der Waals surface area contributed by atoms with Crippen LogP contribution in [0.4, 0.5) is 4.79 Å². The minimum absolute atomic E-state index is 0.0337. The molecule has 3 aliphatic rings. The third-order valence-corrected chi connectivity index (χ3v) is 8.45. The molecule has 2 aromatic rings. The molecule has 0 unspecified atom stereocenters. The number of hydrogen-bond acceptors (Lipinski definition) is 3. The minimum atomic E-state index is -1.17. The average Bonchev–Trinajstić information content (AvgIpc) is 3.40. The fraction of sp³-hybridized carbons (Fsp3) is 0.481. The van der Waals surface area contributed by atoms with Gasteiger partial charge in [0.1, 0.15) is 12.1 Å². The second-order valence-electron chi connectivity index (χ2n) is 9.91. The molecular formula is C27H31NO4. The number of fused-ring (bicyclic) bond motifs is 3. The number of carboxylic acid groups (broad SMARTS) is 1. The molecule has 5 rings (SSSR count). The number of hydrogen-bond donors (Lipinski definition) is 1. The van der Waals surface area contributed by atoms with Gasteiger partial charge in [-0.2, -0.15) is 0 Å². The zero-order valence-electron chi connectivity index (χ0n) is 18.7. The SMILES string of the molecule is CN(C(=O)OCC1c2ccccc2-c2ccccc21)C1(C(=O)O)CCC2(CCCC2)CC1. The molecule has 0 heterocycles. The highest BCUT2D eigenvalue weighted by atomic mass is 16.6. The lowest BCUT2D eigenvalue weighted by molar-refractivity contribution is -0.153. The Labute approximate surface area is 189 Å². The number of nitrogens with zero attached hydrogens (tertiary/aromatic N) is 1. The molecule has 0 saturated heterocycles. The predicted molar refractivity (Wildman–Crippen MR) is 123 cm³/mol. The normalized spacial score (nSPS) is 20.5. The van der Waals surface area contributed by atoms with Crippen molar-refractivity contribution in [2.75, 3.05) is 13.7 Å². The second-order valence-corrected chi connectivity index (χ2v) is 9.91. The topological polar surface area (TPSA) is 66.8 Å². The van der Waals surface area contributed by atoms with E-state index in [0.29, 0.717) is 18.3 Å². The van der Waals surface area contributed by atoms with Gasteiger partial charge in [-0.1, -0.05) is 61.4 Å². The summed E-state index contributed by atoms with van der Waals surface area (Å²) in [5.74, 6) is -0.949. The smallest absolute Gasteiger partial charge is 0.410 e. The van der Waals surface area contributed by atoms with Crippen molar-refractivity contribution >= 4 is 12.1 Å². The molecule has 0 aromatic heterocycles. The molecule has 0 radical (unpaired) electrons. The molecule has 5 heteroatoms. The van der Waals surface area contributed by atoms with Crippen molar-refractivity contribution in [2.45, 2.75) is 62.8 Å². The molecular weight excluding hydrogens is 402 g/mol. The van der Waals surface area contributed by atoms with Gasteiger partial charge < -0.3 is 9.84 Å². The summed E-state index contributed by atoms with van der Waals surface area (Å²) in [5, 5.41) is 10.1. The van der Waals surface area contributed by atoms with E-state index in [2.05, 4.69) is 24.3 Å². The van der Waals surface area contributed by atoms with E-state index in [0.717, 1.165) is 24.0 Å². The van der Waals surface area contributed by atoms with E-state index in [4.69, 9.17) is 4.74 Å². The number of rotatable bonds is 4. The summed E-state index contributed by atoms with van der Waals surface area (Å²) in [4.78, 5) is 26.8. The summed E-state index contributed by atoms with van der Waals surface area (Å²) in [5.41, 5.74) is 3.77. The van der Waals surface area contributed by atoms with E-state index < -0.39 is 17.6 Å². The minimum Gasteiger partial charge on any atom is -0.479 e. The lowest BCUT2D eigenvalue weighted by Gasteiger charge is -2.46. The van der Waals surface area contributed by atoms with Crippen molar-refractivity contribution in [2.24, 2.45) is 5.41 Å². The molecule has 5 nitrogen and oxygen atoms in total. The van der Waals surface area contributed by atoms with Crippen molar-refractivity contribution in [3.05, 3.63) is 59.7 Å². The van der Waals surface area contributed by atoms with Crippen LogP contribution >= 0.6 is 0 Å². The molecule has 1 spiro atoms. The summed E-state index contributed by atoms with van der Waals surface area (Å²) in [7, 11) is 1.60. The van der Waals surface area contributed by atoms with Gasteiger partial charge >= 0.3 is 12.1 Å². The van der Waals surface area contributed by atoms with E-state index in [-0.39, 0.29) is 12.5 Å². The Morgan fingerprint density at radius 1 is 0.906 bits per heavy atom. The molecule has 0 aliphatic heterocycles. The van der Waals surface area contributed by atoms with Gasteiger partial charge in [0.25, 0.3) is 0 Å². The van der Waals surface area contributed by atoms with E-state index in [9.17, 15) is 14.7 Å². The highest BCUT2D eigenvalue weighted by molar-refractivity contribution is 5.84. The summed E-state index contributed by atoms with van der Waals surface area (Å²) in [6.07, 6.45) is 7.07. The number of aliphatic carboxylic acids is 1. The summed E-state index contributed by atoms with van der Waals surface area (Å²) < 4.78 is 5.77. The quantitative estimate of drug-likeness (QED) is 0.659. The van der Waals surface area contributed by atoms with Crippen LogP contribution in [0.25, 0.3) is 11.1 Å². The van der Waals surface area contributed by atoms with Gasteiger partial charge in [-0.3, -0.25) is 4.90 Å². The lowest BCUT2D eigenvalue weighted by Crippen LogP contribution is -2.58. The molecule has 0 bridgehead atoms. The van der Waals surface area contributed by atoms with E-state index in [1.54, 1.807) is 7.05 Å². The van der Waals surface area contributed by atoms with Gasteiger partial charge in [0.2, 0.25) is 0 Å². The Balaban J connectivity index is 1.31. The number of amides is 1. The first kappa shape index (κ1) is 21.0. The number of carbonyl (C=O) groups is 2. The zero-order valence-corrected chi connectivity index (χ0v) is 18.7. The summed E-state index contributed by atoms with van der Waals surface area (Å²) in [6.45, 7) is 0.205. The Morgan fingerprint density at radius 3 is 1.97 bits per heavy atom. The Morgan fingerprint density at radius 2 is 1.44 bits per heavy atom. The fourth-order valence-electron chi connectivity index (χ4n) is 6.38. The third-order valence-electron chi connectivity index (χ3n) is 8.45. The fourth-order valence-corrected chi connectivity index (χ4v) is 6.38. The second kappa shape index (κ2) is 7.95. The molecule has 2 fully saturated rings. The molecule has 168 valence electrons. The van der Waals surface area contributed by atoms with Crippen LogP contribution in [0.5, 0.6) is 0 Å². The van der Waals surface area contributed by atoms with E-state index >= 15 is 0 Å². The number of carbonyl (C=O) groups excluding carboxylic acids is 1. The van der Waals surface area contributed by atoms with Gasteiger partial charge in [0, 0.05) is 13.0 Å². The van der Waals surface area contributed by atoms with Gasteiger partial charge in [-0.25, -0.2) is 9.59 Å². The van der Waals surface area contributed by atoms with Gasteiger partial charge in [-0.15, -0.1) is 0 Å². The number of carboxylic acids is 1. The Kier molecular flexibility index (Phi) is 5.23. The van der Waals surface area contributed by atoms with Crippen molar-refractivity contribution in [1.82, 2.24) is 4.90 Å². The highest BCUT2D eigenvalue weighted by Crippen LogP contribution is 2.52. The van der Waals surface area contributed by atoms with Crippen molar-refractivity contribution in [3.63, 3.8) is 0 Å². The molecule has 3 aliphatic carbocycles. The van der Waals surface area contributed by atoms with Crippen LogP contribution in [-0.2, 0) is 9.53 Å². The number of ether oxygens (including phenoxy) is 1. The van der Waals surface area contributed by atoms with Crippen LogP contribution in [0, 0.1) is 5.41 Å². The first-order valence-corrected chi connectivity index (χ1v) is 11.8. The molecule has 1 N–H and O–H groups in total. The molecule has 2 saturated carbocycles. The third kappa shape index (κ3) is 3.30. The summed E-state index contributed by atoms with van der Waals surface area (Å²) >= 11 is 0. The zero-order chi connectivity index (χ0) is 22.3. The van der Waals surface area contributed by atoms with Crippen molar-refractivity contribution in [1.29, 1.82) is 0 Å². The van der Waals surface area contributed by atoms with Crippen LogP contribution in [0.15, 0.2) is 48.5 Å². The highest BCUT2D eigenvalue weighted by Gasteiger charge is 2.52. The van der Waals surface area contributed by atoms with Crippen LogP contribution in [0.3, 0.4) is 0 Å². The van der Waals surface area contributed by atoms with E-state index in [1.807, 2.05) is 24.3 Å². The van der Waals surface area contributed by atoms with E-state index in [1.165, 1.54) is 41.7 Å². The Hall–Kier alpha value is -2.82. The van der Waals surface area contributed by atoms with Crippen molar-refractivity contribution < 1.29 is 19.4 Å². The first-order valence-electron chi connectivity index (χ1n) is 11.8. The maximum absolute atomic E-state index is 13.1. The van der Waals surface area contributed by atoms with Crippen LogP contribution < -0.4 is 0 Å². The molecule has 32 heavy (non-hydrogen) atoms. The lowest BCUT2D eigenvalue weighted by atomic mass is 9.66. The standard InChI is InChI=1S/C27H31NO4/c1-28(27(24(29)30)16-14-26(15-17-27)12-6-7-13-26)25(31)32-18-23-21-10-4-2-8-19(21)20-9-3-5-11-22(20)23/h2-5,8-11,23H,6-7,12-18H2,1H3,(H,29,30). The number of likely N-dealkylation sites (N-methyl/N-ethyl adjacent to an activating group) is 1. The van der Waals surface area contributed by atoms with Crippen LogP contribution in [0.1, 0.15) is 68.4 Å². The molecule has 2 aromatic carbocycles. The average molecular weight is 434 g/mol. The first-order chi connectivity index (χ1) is 15.5. The molecule has 0 atom stereocenters. The maximum Gasteiger partial charge on any atom is 0.410 e. The Bertz CT molecular complexity index is 984. The predicted octanol–water partition coefficient (Wildman–Crippen LogP) is 5.83. The largest absolute Gasteiger partial charge is 0.479 e. The van der Waals surface area contributed by atoms with Gasteiger partial charge in [-0.05, 0) is 66.2 Å². The van der Waals surface area contributed by atoms with Gasteiger partial charge in [0.15, 0.2) is 0 Å². The maximum atomic E-state index is 13.1.